The highest BCUT2D eigenvalue weighted by Crippen LogP contribution is 2.18. The summed E-state index contributed by atoms with van der Waals surface area (Å²) in [6.45, 7) is 8.49. The molecule has 3 heterocycles. The van der Waals surface area contributed by atoms with Gasteiger partial charge in [0.25, 0.3) is 0 Å². The number of carbonyl (C=O) groups is 1. The van der Waals surface area contributed by atoms with E-state index in [0.29, 0.717) is 31.7 Å². The summed E-state index contributed by atoms with van der Waals surface area (Å²) in [5.41, 5.74) is 2.52. The fourth-order valence-corrected chi connectivity index (χ4v) is 3.22. The Morgan fingerprint density at radius 2 is 1.96 bits per heavy atom. The van der Waals surface area contributed by atoms with E-state index in [2.05, 4.69) is 21.1 Å². The summed E-state index contributed by atoms with van der Waals surface area (Å²) < 4.78 is 1.79. The van der Waals surface area contributed by atoms with Crippen LogP contribution in [0.1, 0.15) is 29.9 Å². The van der Waals surface area contributed by atoms with E-state index in [4.69, 9.17) is 5.26 Å². The van der Waals surface area contributed by atoms with E-state index in [1.165, 1.54) is 0 Å². The van der Waals surface area contributed by atoms with E-state index >= 15 is 0 Å². The van der Waals surface area contributed by atoms with Crippen LogP contribution in [-0.4, -0.2) is 51.8 Å². The van der Waals surface area contributed by atoms with Gasteiger partial charge in [-0.05, 0) is 39.0 Å². The van der Waals surface area contributed by atoms with E-state index < -0.39 is 0 Å². The molecule has 1 saturated heterocycles. The maximum absolute atomic E-state index is 12.8. The number of nitriles is 1. The summed E-state index contributed by atoms with van der Waals surface area (Å²) in [6, 6.07) is 7.29. The number of amides is 1. The fraction of sp³-hybridized carbons (Fsp3) is 0.444. The van der Waals surface area contributed by atoms with Gasteiger partial charge in [0.15, 0.2) is 0 Å². The topological polar surface area (TPSA) is 78.0 Å². The number of aromatic nitrogens is 3. The molecule has 0 aromatic carbocycles. The van der Waals surface area contributed by atoms with Crippen LogP contribution in [0.15, 0.2) is 24.4 Å². The zero-order valence-electron chi connectivity index (χ0n) is 14.8. The van der Waals surface area contributed by atoms with Crippen molar-refractivity contribution in [3.8, 4) is 6.07 Å². The van der Waals surface area contributed by atoms with Gasteiger partial charge in [0, 0.05) is 38.1 Å². The van der Waals surface area contributed by atoms with E-state index in [1.807, 2.05) is 31.7 Å². The van der Waals surface area contributed by atoms with E-state index in [0.717, 1.165) is 17.2 Å². The molecule has 3 rings (SSSR count). The number of nitrogens with zero attached hydrogens (tertiary/aromatic N) is 6. The van der Waals surface area contributed by atoms with Crippen LogP contribution in [0.4, 0.5) is 5.82 Å². The number of hydrogen-bond acceptors (Lipinski definition) is 5. The molecule has 1 amide bonds. The summed E-state index contributed by atoms with van der Waals surface area (Å²) in [5.74, 6) is 0.877. The smallest absolute Gasteiger partial charge is 0.247 e. The third kappa shape index (κ3) is 3.48. The van der Waals surface area contributed by atoms with Crippen LogP contribution in [0.25, 0.3) is 0 Å². The minimum absolute atomic E-state index is 0.0876. The van der Waals surface area contributed by atoms with Gasteiger partial charge in [-0.3, -0.25) is 9.48 Å². The second-order valence-electron chi connectivity index (χ2n) is 6.37. The van der Waals surface area contributed by atoms with Crippen LogP contribution in [-0.2, 0) is 4.79 Å². The standard InChI is InChI=1S/C18H22N6O/c1-13-10-14(2)24(21-13)15(3)18(25)23-8-6-22(7-9-23)17-11-16(12-19)4-5-20-17/h4-5,10-11,15H,6-9H2,1-3H3/t15-/m1/s1. The molecule has 0 N–H and O–H groups in total. The van der Waals surface area contributed by atoms with Crippen LogP contribution in [0.2, 0.25) is 0 Å². The number of pyridine rings is 1. The van der Waals surface area contributed by atoms with Gasteiger partial charge < -0.3 is 9.80 Å². The van der Waals surface area contributed by atoms with E-state index in [1.54, 1.807) is 23.0 Å². The van der Waals surface area contributed by atoms with Gasteiger partial charge >= 0.3 is 0 Å². The summed E-state index contributed by atoms with van der Waals surface area (Å²) in [6.07, 6.45) is 1.65. The molecule has 1 aliphatic rings. The molecular formula is C18H22N6O. The van der Waals surface area contributed by atoms with Crippen LogP contribution in [0, 0.1) is 25.2 Å². The molecule has 7 heteroatoms. The maximum Gasteiger partial charge on any atom is 0.247 e. The zero-order valence-corrected chi connectivity index (χ0v) is 14.8. The largest absolute Gasteiger partial charge is 0.353 e. The Labute approximate surface area is 147 Å². The summed E-state index contributed by atoms with van der Waals surface area (Å²) in [4.78, 5) is 21.1. The van der Waals surface area contributed by atoms with Crippen molar-refractivity contribution in [1.82, 2.24) is 19.7 Å². The molecule has 0 radical (unpaired) electrons. The summed E-state index contributed by atoms with van der Waals surface area (Å²) in [7, 11) is 0. The second kappa shape index (κ2) is 6.93. The van der Waals surface area contributed by atoms with Crippen molar-refractivity contribution in [2.45, 2.75) is 26.8 Å². The Morgan fingerprint density at radius 3 is 2.56 bits per heavy atom. The number of hydrogen-bond donors (Lipinski definition) is 0. The molecular weight excluding hydrogens is 316 g/mol. The van der Waals surface area contributed by atoms with Gasteiger partial charge in [-0.15, -0.1) is 0 Å². The molecule has 0 unspecified atom stereocenters. The lowest BCUT2D eigenvalue weighted by Gasteiger charge is -2.36. The van der Waals surface area contributed by atoms with Gasteiger partial charge in [0.05, 0.1) is 17.3 Å². The molecule has 1 aliphatic heterocycles. The monoisotopic (exact) mass is 338 g/mol. The Kier molecular flexibility index (Phi) is 4.70. The van der Waals surface area contributed by atoms with Crippen molar-refractivity contribution in [3.05, 3.63) is 41.3 Å². The molecule has 0 aliphatic carbocycles. The number of aryl methyl sites for hydroxylation is 2. The van der Waals surface area contributed by atoms with Crippen molar-refractivity contribution in [2.75, 3.05) is 31.1 Å². The maximum atomic E-state index is 12.8. The van der Waals surface area contributed by atoms with Crippen LogP contribution >= 0.6 is 0 Å². The Balaban J connectivity index is 1.64. The molecule has 0 saturated carbocycles. The van der Waals surface area contributed by atoms with Crippen LogP contribution < -0.4 is 4.90 Å². The molecule has 130 valence electrons. The Hall–Kier alpha value is -2.88. The summed E-state index contributed by atoms with van der Waals surface area (Å²) >= 11 is 0. The van der Waals surface area contributed by atoms with Crippen LogP contribution in [0.3, 0.4) is 0 Å². The number of carbonyl (C=O) groups excluding carboxylic acids is 1. The second-order valence-corrected chi connectivity index (χ2v) is 6.37. The molecule has 2 aromatic heterocycles. The average molecular weight is 338 g/mol. The Morgan fingerprint density at radius 1 is 1.24 bits per heavy atom. The quantitative estimate of drug-likeness (QED) is 0.851. The van der Waals surface area contributed by atoms with E-state index in [-0.39, 0.29) is 11.9 Å². The van der Waals surface area contributed by atoms with Gasteiger partial charge in [0.2, 0.25) is 5.91 Å². The first kappa shape index (κ1) is 17.0. The zero-order chi connectivity index (χ0) is 18.0. The first-order valence-electron chi connectivity index (χ1n) is 8.42. The predicted molar refractivity (Wildman–Crippen MR) is 94.2 cm³/mol. The number of rotatable bonds is 3. The third-order valence-corrected chi connectivity index (χ3v) is 4.56. The lowest BCUT2D eigenvalue weighted by molar-refractivity contribution is -0.134. The lowest BCUT2D eigenvalue weighted by Crippen LogP contribution is -2.50. The SMILES string of the molecule is Cc1cc(C)n([C@H](C)C(=O)N2CCN(c3cc(C#N)ccn3)CC2)n1. The van der Waals surface area contributed by atoms with Crippen molar-refractivity contribution >= 4 is 11.7 Å². The molecule has 25 heavy (non-hydrogen) atoms. The molecule has 0 spiro atoms. The fourth-order valence-electron chi connectivity index (χ4n) is 3.22. The third-order valence-electron chi connectivity index (χ3n) is 4.56. The minimum atomic E-state index is -0.305. The Bertz CT molecular complexity index is 813. The van der Waals surface area contributed by atoms with Crippen molar-refractivity contribution in [2.24, 2.45) is 0 Å². The van der Waals surface area contributed by atoms with Gasteiger partial charge in [-0.1, -0.05) is 0 Å². The van der Waals surface area contributed by atoms with Gasteiger partial charge in [-0.25, -0.2) is 4.98 Å². The highest BCUT2D eigenvalue weighted by molar-refractivity contribution is 5.80. The normalized spacial score (nSPS) is 15.8. The molecule has 0 bridgehead atoms. The molecule has 7 nitrogen and oxygen atoms in total. The lowest BCUT2D eigenvalue weighted by atomic mass is 10.2. The van der Waals surface area contributed by atoms with Crippen molar-refractivity contribution in [1.29, 1.82) is 5.26 Å². The predicted octanol–water partition coefficient (Wildman–Crippen LogP) is 1.68. The average Bonchev–Trinajstić information content (AvgIpc) is 2.99. The van der Waals surface area contributed by atoms with Gasteiger partial charge in [-0.2, -0.15) is 10.4 Å². The summed E-state index contributed by atoms with van der Waals surface area (Å²) in [5, 5.41) is 13.4. The minimum Gasteiger partial charge on any atom is -0.353 e. The molecule has 1 atom stereocenters. The number of anilines is 1. The number of piperazine rings is 1. The first-order valence-corrected chi connectivity index (χ1v) is 8.42. The van der Waals surface area contributed by atoms with Crippen molar-refractivity contribution in [3.63, 3.8) is 0 Å². The van der Waals surface area contributed by atoms with E-state index in [9.17, 15) is 4.79 Å². The van der Waals surface area contributed by atoms with Crippen LogP contribution in [0.5, 0.6) is 0 Å². The molecule has 1 fully saturated rings. The van der Waals surface area contributed by atoms with Gasteiger partial charge in [0.1, 0.15) is 11.9 Å². The highest BCUT2D eigenvalue weighted by atomic mass is 16.2. The van der Waals surface area contributed by atoms with Crippen molar-refractivity contribution < 1.29 is 4.79 Å². The molecule has 2 aromatic rings. The highest BCUT2D eigenvalue weighted by Gasteiger charge is 2.27. The first-order chi connectivity index (χ1) is 12.0.